The van der Waals surface area contributed by atoms with Gasteiger partial charge >= 0.3 is 0 Å². The minimum Gasteiger partial charge on any atom is -0.396 e. The Morgan fingerprint density at radius 1 is 1.30 bits per heavy atom. The zero-order chi connectivity index (χ0) is 14.4. The summed E-state index contributed by atoms with van der Waals surface area (Å²) in [5.41, 5.74) is 3.15. The second-order valence-electron chi connectivity index (χ2n) is 4.75. The maximum absolute atomic E-state index is 8.76. The third-order valence-corrected chi connectivity index (χ3v) is 3.59. The zero-order valence-electron chi connectivity index (χ0n) is 11.6. The molecule has 1 aromatic carbocycles. The number of nitrogens with one attached hydrogen (secondary N) is 1. The van der Waals surface area contributed by atoms with Crippen LogP contribution in [0.2, 0.25) is 5.15 Å². The molecule has 5 heteroatoms. The average molecular weight is 294 g/mol. The van der Waals surface area contributed by atoms with E-state index in [1.165, 1.54) is 5.56 Å². The van der Waals surface area contributed by atoms with Gasteiger partial charge in [-0.05, 0) is 25.5 Å². The first-order chi connectivity index (χ1) is 9.72. The highest BCUT2D eigenvalue weighted by Gasteiger charge is 2.12. The SMILES string of the molecule is Cc1nn(Cc2ccccc2)c(Cl)c1CNCCCO. The predicted octanol–water partition coefficient (Wildman–Crippen LogP) is 2.37. The van der Waals surface area contributed by atoms with Crippen LogP contribution in [-0.4, -0.2) is 28.0 Å². The Hall–Kier alpha value is -1.36. The van der Waals surface area contributed by atoms with E-state index in [-0.39, 0.29) is 6.61 Å². The first-order valence-corrected chi connectivity index (χ1v) is 7.17. The van der Waals surface area contributed by atoms with E-state index in [0.717, 1.165) is 24.2 Å². The van der Waals surface area contributed by atoms with E-state index in [9.17, 15) is 0 Å². The Labute approximate surface area is 124 Å². The molecule has 0 radical (unpaired) electrons. The van der Waals surface area contributed by atoms with E-state index in [1.54, 1.807) is 0 Å². The molecular weight excluding hydrogens is 274 g/mol. The molecule has 4 nitrogen and oxygen atoms in total. The molecule has 0 bridgehead atoms. The molecule has 0 atom stereocenters. The van der Waals surface area contributed by atoms with Gasteiger partial charge in [0.05, 0.1) is 12.2 Å². The first-order valence-electron chi connectivity index (χ1n) is 6.79. The third kappa shape index (κ3) is 3.82. The molecule has 2 rings (SSSR count). The second-order valence-corrected chi connectivity index (χ2v) is 5.11. The molecule has 0 aliphatic heterocycles. The van der Waals surface area contributed by atoms with Gasteiger partial charge in [0, 0.05) is 18.7 Å². The predicted molar refractivity (Wildman–Crippen MR) is 80.9 cm³/mol. The van der Waals surface area contributed by atoms with Crippen molar-refractivity contribution in [2.75, 3.05) is 13.2 Å². The minimum atomic E-state index is 0.201. The van der Waals surface area contributed by atoms with Crippen molar-refractivity contribution in [3.05, 3.63) is 52.3 Å². The Kier molecular flexibility index (Phi) is 5.59. The number of aryl methyl sites for hydroxylation is 1. The van der Waals surface area contributed by atoms with Gasteiger partial charge in [0.1, 0.15) is 5.15 Å². The summed E-state index contributed by atoms with van der Waals surface area (Å²) in [6.45, 7) is 4.30. The number of hydrogen-bond donors (Lipinski definition) is 2. The van der Waals surface area contributed by atoms with Gasteiger partial charge in [-0.1, -0.05) is 41.9 Å². The normalized spacial score (nSPS) is 10.9. The molecule has 2 N–H and O–H groups in total. The van der Waals surface area contributed by atoms with Crippen molar-refractivity contribution in [3.63, 3.8) is 0 Å². The van der Waals surface area contributed by atoms with Crippen molar-refractivity contribution in [1.29, 1.82) is 0 Å². The van der Waals surface area contributed by atoms with E-state index in [4.69, 9.17) is 16.7 Å². The Morgan fingerprint density at radius 3 is 2.75 bits per heavy atom. The summed E-state index contributed by atoms with van der Waals surface area (Å²) in [7, 11) is 0. The highest BCUT2D eigenvalue weighted by Crippen LogP contribution is 2.20. The number of nitrogens with zero attached hydrogens (tertiary/aromatic N) is 2. The monoisotopic (exact) mass is 293 g/mol. The summed E-state index contributed by atoms with van der Waals surface area (Å²) in [6, 6.07) is 10.1. The molecule has 1 aromatic heterocycles. The second kappa shape index (κ2) is 7.43. The Morgan fingerprint density at radius 2 is 2.05 bits per heavy atom. The molecule has 108 valence electrons. The lowest BCUT2D eigenvalue weighted by Gasteiger charge is -2.05. The van der Waals surface area contributed by atoms with E-state index in [2.05, 4.69) is 22.5 Å². The van der Waals surface area contributed by atoms with Gasteiger partial charge in [0.2, 0.25) is 0 Å². The highest BCUT2D eigenvalue weighted by atomic mass is 35.5. The number of benzene rings is 1. The van der Waals surface area contributed by atoms with Crippen LogP contribution in [0.15, 0.2) is 30.3 Å². The van der Waals surface area contributed by atoms with E-state index in [1.807, 2.05) is 29.8 Å². The summed E-state index contributed by atoms with van der Waals surface area (Å²) in [4.78, 5) is 0. The van der Waals surface area contributed by atoms with Crippen LogP contribution in [0.5, 0.6) is 0 Å². The Bertz CT molecular complexity index is 540. The number of aromatic nitrogens is 2. The smallest absolute Gasteiger partial charge is 0.132 e. The molecule has 0 fully saturated rings. The topological polar surface area (TPSA) is 50.1 Å². The van der Waals surface area contributed by atoms with Crippen molar-refractivity contribution < 1.29 is 5.11 Å². The van der Waals surface area contributed by atoms with E-state index in [0.29, 0.717) is 18.2 Å². The molecule has 0 aliphatic rings. The fraction of sp³-hybridized carbons (Fsp3) is 0.400. The average Bonchev–Trinajstić information content (AvgIpc) is 2.72. The maximum atomic E-state index is 8.76. The molecule has 0 saturated carbocycles. The van der Waals surface area contributed by atoms with Crippen LogP contribution in [0, 0.1) is 6.92 Å². The zero-order valence-corrected chi connectivity index (χ0v) is 12.4. The van der Waals surface area contributed by atoms with Gasteiger partial charge < -0.3 is 10.4 Å². The van der Waals surface area contributed by atoms with E-state index < -0.39 is 0 Å². The number of rotatable bonds is 7. The first kappa shape index (κ1) is 15.0. The van der Waals surface area contributed by atoms with Gasteiger partial charge in [-0.15, -0.1) is 0 Å². The lowest BCUT2D eigenvalue weighted by molar-refractivity contribution is 0.286. The fourth-order valence-corrected chi connectivity index (χ4v) is 2.37. The van der Waals surface area contributed by atoms with Crippen LogP contribution in [0.25, 0.3) is 0 Å². The van der Waals surface area contributed by atoms with Gasteiger partial charge in [0.25, 0.3) is 0 Å². The van der Waals surface area contributed by atoms with Crippen molar-refractivity contribution in [1.82, 2.24) is 15.1 Å². The highest BCUT2D eigenvalue weighted by molar-refractivity contribution is 6.30. The van der Waals surface area contributed by atoms with Crippen LogP contribution in [0.3, 0.4) is 0 Å². The summed E-state index contributed by atoms with van der Waals surface area (Å²) >= 11 is 6.40. The Balaban J connectivity index is 2.04. The molecule has 0 aliphatic carbocycles. The van der Waals surface area contributed by atoms with Crippen LogP contribution >= 0.6 is 11.6 Å². The van der Waals surface area contributed by atoms with Gasteiger partial charge in [-0.25, -0.2) is 4.68 Å². The van der Waals surface area contributed by atoms with E-state index >= 15 is 0 Å². The maximum Gasteiger partial charge on any atom is 0.132 e. The molecule has 0 spiro atoms. The van der Waals surface area contributed by atoms with Gasteiger partial charge in [0.15, 0.2) is 0 Å². The number of halogens is 1. The van der Waals surface area contributed by atoms with Gasteiger partial charge in [-0.3, -0.25) is 0 Å². The number of hydrogen-bond acceptors (Lipinski definition) is 3. The molecule has 0 amide bonds. The van der Waals surface area contributed by atoms with Crippen molar-refractivity contribution in [2.45, 2.75) is 26.4 Å². The molecule has 20 heavy (non-hydrogen) atoms. The minimum absolute atomic E-state index is 0.201. The van der Waals surface area contributed by atoms with Crippen LogP contribution in [-0.2, 0) is 13.1 Å². The van der Waals surface area contributed by atoms with Crippen LogP contribution in [0.4, 0.5) is 0 Å². The molecule has 2 aromatic rings. The lowest BCUT2D eigenvalue weighted by atomic mass is 10.2. The molecular formula is C15H20ClN3O. The van der Waals surface area contributed by atoms with Crippen LogP contribution < -0.4 is 5.32 Å². The van der Waals surface area contributed by atoms with Crippen molar-refractivity contribution in [3.8, 4) is 0 Å². The number of aliphatic hydroxyl groups excluding tert-OH is 1. The third-order valence-electron chi connectivity index (χ3n) is 3.17. The van der Waals surface area contributed by atoms with Gasteiger partial charge in [-0.2, -0.15) is 5.10 Å². The quantitative estimate of drug-likeness (QED) is 0.771. The fourth-order valence-electron chi connectivity index (χ4n) is 2.07. The largest absolute Gasteiger partial charge is 0.396 e. The molecule has 0 saturated heterocycles. The summed E-state index contributed by atoms with van der Waals surface area (Å²) < 4.78 is 1.83. The summed E-state index contributed by atoms with van der Waals surface area (Å²) in [6.07, 6.45) is 0.745. The number of aliphatic hydroxyl groups is 1. The summed E-state index contributed by atoms with van der Waals surface area (Å²) in [5.74, 6) is 0. The summed E-state index contributed by atoms with van der Waals surface area (Å²) in [5, 5.41) is 17.2. The standard InChI is InChI=1S/C15H20ClN3O/c1-12-14(10-17-8-5-9-20)15(16)19(18-12)11-13-6-3-2-4-7-13/h2-4,6-7,17,20H,5,8-11H2,1H3. The van der Waals surface area contributed by atoms with Crippen molar-refractivity contribution in [2.24, 2.45) is 0 Å². The lowest BCUT2D eigenvalue weighted by Crippen LogP contribution is -2.16. The molecule has 0 unspecified atom stereocenters. The van der Waals surface area contributed by atoms with Crippen molar-refractivity contribution >= 4 is 11.6 Å². The molecule has 1 heterocycles. The van der Waals surface area contributed by atoms with Crippen LogP contribution in [0.1, 0.15) is 23.2 Å².